The predicted molar refractivity (Wildman–Crippen MR) is 71.3 cm³/mol. The number of ether oxygens (including phenoxy) is 1. The van der Waals surface area contributed by atoms with Crippen LogP contribution in [-0.4, -0.2) is 0 Å². The predicted octanol–water partition coefficient (Wildman–Crippen LogP) is 4.43. The van der Waals surface area contributed by atoms with Crippen LogP contribution in [0, 0.1) is 0 Å². The lowest BCUT2D eigenvalue weighted by atomic mass is 10.1. The second-order valence-electron chi connectivity index (χ2n) is 4.42. The average Bonchev–Trinajstić information content (AvgIpc) is 2.38. The molecule has 0 aromatic heterocycles. The molecule has 0 radical (unpaired) electrons. The highest BCUT2D eigenvalue weighted by atomic mass is 19.4. The molecule has 2 rings (SSSR count). The zero-order valence-corrected chi connectivity index (χ0v) is 10.8. The Bertz CT molecular complexity index is 596. The van der Waals surface area contributed by atoms with Crippen LogP contribution in [0.15, 0.2) is 48.5 Å². The third kappa shape index (κ3) is 3.23. The minimum absolute atomic E-state index is 0.185. The molecule has 0 bridgehead atoms. The van der Waals surface area contributed by atoms with Crippen LogP contribution < -0.4 is 10.5 Å². The minimum Gasteiger partial charge on any atom is -0.485 e. The standard InChI is InChI=1S/C15H14F3NO/c1-10(11-5-4-6-12(19)9-11)20-14-8-3-2-7-13(14)15(16,17)18/h2-10H,19H2,1H3. The molecule has 106 valence electrons. The number of benzene rings is 2. The molecule has 0 amide bonds. The Kier molecular flexibility index (Phi) is 3.88. The van der Waals surface area contributed by atoms with E-state index in [1.165, 1.54) is 18.2 Å². The lowest BCUT2D eigenvalue weighted by molar-refractivity contribution is -0.139. The summed E-state index contributed by atoms with van der Waals surface area (Å²) < 4.78 is 44.0. The van der Waals surface area contributed by atoms with E-state index in [0.717, 1.165) is 11.6 Å². The number of alkyl halides is 3. The van der Waals surface area contributed by atoms with Gasteiger partial charge in [0.25, 0.3) is 0 Å². The van der Waals surface area contributed by atoms with Crippen molar-refractivity contribution < 1.29 is 17.9 Å². The molecule has 0 saturated heterocycles. The highest BCUT2D eigenvalue weighted by molar-refractivity contribution is 5.42. The van der Waals surface area contributed by atoms with Gasteiger partial charge in [0.2, 0.25) is 0 Å². The second kappa shape index (κ2) is 5.45. The number of para-hydroxylation sites is 1. The number of nitrogen functional groups attached to an aromatic ring is 1. The number of anilines is 1. The molecule has 2 nitrogen and oxygen atoms in total. The van der Waals surface area contributed by atoms with E-state index in [1.54, 1.807) is 31.2 Å². The van der Waals surface area contributed by atoms with Crippen LogP contribution in [0.4, 0.5) is 18.9 Å². The van der Waals surface area contributed by atoms with Gasteiger partial charge in [-0.25, -0.2) is 0 Å². The van der Waals surface area contributed by atoms with Crippen LogP contribution in [0.2, 0.25) is 0 Å². The van der Waals surface area contributed by atoms with Crippen molar-refractivity contribution in [2.45, 2.75) is 19.2 Å². The average molecular weight is 281 g/mol. The lowest BCUT2D eigenvalue weighted by Gasteiger charge is -2.19. The van der Waals surface area contributed by atoms with Crippen LogP contribution in [0.1, 0.15) is 24.2 Å². The summed E-state index contributed by atoms with van der Waals surface area (Å²) in [4.78, 5) is 0. The lowest BCUT2D eigenvalue weighted by Crippen LogP contribution is -2.11. The maximum atomic E-state index is 12.9. The van der Waals surface area contributed by atoms with Gasteiger partial charge in [-0.1, -0.05) is 24.3 Å². The van der Waals surface area contributed by atoms with Crippen LogP contribution in [0.5, 0.6) is 5.75 Å². The van der Waals surface area contributed by atoms with Gasteiger partial charge >= 0.3 is 6.18 Å². The number of hydrogen-bond donors (Lipinski definition) is 1. The largest absolute Gasteiger partial charge is 0.485 e. The third-order valence-electron chi connectivity index (χ3n) is 2.88. The fourth-order valence-corrected chi connectivity index (χ4v) is 1.87. The van der Waals surface area contributed by atoms with E-state index in [4.69, 9.17) is 10.5 Å². The van der Waals surface area contributed by atoms with Crippen molar-refractivity contribution in [3.63, 3.8) is 0 Å². The van der Waals surface area contributed by atoms with E-state index >= 15 is 0 Å². The number of rotatable bonds is 3. The summed E-state index contributed by atoms with van der Waals surface area (Å²) >= 11 is 0. The van der Waals surface area contributed by atoms with Gasteiger partial charge in [-0.2, -0.15) is 13.2 Å². The van der Waals surface area contributed by atoms with Crippen molar-refractivity contribution in [2.75, 3.05) is 5.73 Å². The quantitative estimate of drug-likeness (QED) is 0.845. The fourth-order valence-electron chi connectivity index (χ4n) is 1.87. The number of nitrogens with two attached hydrogens (primary N) is 1. The Balaban J connectivity index is 2.26. The van der Waals surface area contributed by atoms with Gasteiger partial charge < -0.3 is 10.5 Å². The molecule has 0 aliphatic heterocycles. The highest BCUT2D eigenvalue weighted by Gasteiger charge is 2.34. The first kappa shape index (κ1) is 14.2. The van der Waals surface area contributed by atoms with Crippen molar-refractivity contribution in [1.82, 2.24) is 0 Å². The molecule has 0 heterocycles. The Labute approximate surface area is 115 Å². The smallest absolute Gasteiger partial charge is 0.419 e. The van der Waals surface area contributed by atoms with E-state index in [-0.39, 0.29) is 5.75 Å². The monoisotopic (exact) mass is 281 g/mol. The molecule has 1 atom stereocenters. The molecular formula is C15H14F3NO. The van der Waals surface area contributed by atoms with Crippen molar-refractivity contribution in [1.29, 1.82) is 0 Å². The van der Waals surface area contributed by atoms with E-state index in [0.29, 0.717) is 5.69 Å². The van der Waals surface area contributed by atoms with Crippen LogP contribution in [0.3, 0.4) is 0 Å². The molecular weight excluding hydrogens is 267 g/mol. The summed E-state index contributed by atoms with van der Waals surface area (Å²) in [5.74, 6) is -0.185. The molecule has 2 N–H and O–H groups in total. The van der Waals surface area contributed by atoms with Gasteiger partial charge in [-0.15, -0.1) is 0 Å². The zero-order valence-electron chi connectivity index (χ0n) is 10.8. The number of hydrogen-bond acceptors (Lipinski definition) is 2. The molecule has 0 aliphatic rings. The Morgan fingerprint density at radius 1 is 1.05 bits per heavy atom. The second-order valence-corrected chi connectivity index (χ2v) is 4.42. The molecule has 0 aliphatic carbocycles. The number of halogens is 3. The Hall–Kier alpha value is -2.17. The van der Waals surface area contributed by atoms with E-state index in [9.17, 15) is 13.2 Å². The van der Waals surface area contributed by atoms with E-state index in [1.807, 2.05) is 0 Å². The van der Waals surface area contributed by atoms with Gasteiger partial charge in [0.1, 0.15) is 11.9 Å². The molecule has 0 saturated carbocycles. The van der Waals surface area contributed by atoms with E-state index < -0.39 is 17.8 Å². The summed E-state index contributed by atoms with van der Waals surface area (Å²) in [7, 11) is 0. The van der Waals surface area contributed by atoms with Crippen LogP contribution in [-0.2, 0) is 6.18 Å². The first-order valence-corrected chi connectivity index (χ1v) is 6.06. The van der Waals surface area contributed by atoms with Gasteiger partial charge in [0.15, 0.2) is 0 Å². The zero-order chi connectivity index (χ0) is 14.8. The van der Waals surface area contributed by atoms with Crippen molar-refractivity contribution in [2.24, 2.45) is 0 Å². The van der Waals surface area contributed by atoms with Gasteiger partial charge in [-0.05, 0) is 36.8 Å². The summed E-state index contributed by atoms with van der Waals surface area (Å²) in [6.45, 7) is 1.68. The SMILES string of the molecule is CC(Oc1ccccc1C(F)(F)F)c1cccc(N)c1. The topological polar surface area (TPSA) is 35.2 Å². The summed E-state index contributed by atoms with van der Waals surface area (Å²) in [6, 6.07) is 12.0. The van der Waals surface area contributed by atoms with Crippen LogP contribution in [0.25, 0.3) is 0 Å². The third-order valence-corrected chi connectivity index (χ3v) is 2.88. The summed E-state index contributed by atoms with van der Waals surface area (Å²) in [5, 5.41) is 0. The van der Waals surface area contributed by atoms with Crippen molar-refractivity contribution >= 4 is 5.69 Å². The summed E-state index contributed by atoms with van der Waals surface area (Å²) in [5.41, 5.74) is 6.14. The molecule has 5 heteroatoms. The first-order valence-electron chi connectivity index (χ1n) is 6.06. The molecule has 20 heavy (non-hydrogen) atoms. The molecule has 0 fully saturated rings. The van der Waals surface area contributed by atoms with Crippen molar-refractivity contribution in [3.8, 4) is 5.75 Å². The van der Waals surface area contributed by atoms with Gasteiger partial charge in [0.05, 0.1) is 5.56 Å². The molecule has 2 aromatic carbocycles. The molecule has 2 aromatic rings. The van der Waals surface area contributed by atoms with Crippen LogP contribution >= 0.6 is 0 Å². The highest BCUT2D eigenvalue weighted by Crippen LogP contribution is 2.37. The Morgan fingerprint density at radius 2 is 1.75 bits per heavy atom. The molecule has 0 spiro atoms. The maximum Gasteiger partial charge on any atom is 0.419 e. The Morgan fingerprint density at radius 3 is 2.40 bits per heavy atom. The van der Waals surface area contributed by atoms with Gasteiger partial charge in [-0.3, -0.25) is 0 Å². The van der Waals surface area contributed by atoms with E-state index in [2.05, 4.69) is 0 Å². The molecule has 1 unspecified atom stereocenters. The fraction of sp³-hybridized carbons (Fsp3) is 0.200. The maximum absolute atomic E-state index is 12.9. The minimum atomic E-state index is -4.44. The normalized spacial score (nSPS) is 13.0. The first-order chi connectivity index (χ1) is 9.38. The van der Waals surface area contributed by atoms with Gasteiger partial charge in [0, 0.05) is 5.69 Å². The summed E-state index contributed by atoms with van der Waals surface area (Å²) in [6.07, 6.45) is -4.96. The van der Waals surface area contributed by atoms with Crippen molar-refractivity contribution in [3.05, 3.63) is 59.7 Å².